The van der Waals surface area contributed by atoms with Crippen LogP contribution in [0.5, 0.6) is 5.75 Å². The number of carbonyl (C=O) groups is 2. The number of ether oxygens (including phenoxy) is 2. The highest BCUT2D eigenvalue weighted by atomic mass is 32.1. The third-order valence-electron chi connectivity index (χ3n) is 3.80. The van der Waals surface area contributed by atoms with Gasteiger partial charge in [0.1, 0.15) is 5.75 Å². The maximum absolute atomic E-state index is 12.4. The van der Waals surface area contributed by atoms with Gasteiger partial charge in [0, 0.05) is 11.3 Å². The molecule has 1 amide bonds. The van der Waals surface area contributed by atoms with Crippen LogP contribution in [-0.4, -0.2) is 30.2 Å². The Bertz CT molecular complexity index is 821. The van der Waals surface area contributed by atoms with Crippen molar-refractivity contribution in [1.82, 2.24) is 5.32 Å². The summed E-state index contributed by atoms with van der Waals surface area (Å²) >= 11 is 5.18. The second-order valence-electron chi connectivity index (χ2n) is 5.84. The Labute approximate surface area is 163 Å². The van der Waals surface area contributed by atoms with Gasteiger partial charge >= 0.3 is 5.97 Å². The van der Waals surface area contributed by atoms with Crippen LogP contribution < -0.4 is 15.4 Å². The lowest BCUT2D eigenvalue weighted by atomic mass is 10.2. The van der Waals surface area contributed by atoms with Gasteiger partial charge in [0.25, 0.3) is 5.91 Å². The molecule has 1 atom stereocenters. The molecule has 0 saturated carbocycles. The predicted octanol–water partition coefficient (Wildman–Crippen LogP) is 3.78. The summed E-state index contributed by atoms with van der Waals surface area (Å²) in [7, 11) is 1.32. The molecule has 2 aromatic rings. The van der Waals surface area contributed by atoms with Gasteiger partial charge in [0.15, 0.2) is 5.11 Å². The highest BCUT2D eigenvalue weighted by Gasteiger charge is 2.11. The molecule has 0 aliphatic carbocycles. The summed E-state index contributed by atoms with van der Waals surface area (Å²) in [6, 6.07) is 13.5. The van der Waals surface area contributed by atoms with Crippen LogP contribution in [0.15, 0.2) is 48.5 Å². The molecule has 0 bridgehead atoms. The van der Waals surface area contributed by atoms with Crippen molar-refractivity contribution in [2.24, 2.45) is 0 Å². The molecule has 0 spiro atoms. The van der Waals surface area contributed by atoms with Gasteiger partial charge in [0.05, 0.1) is 18.8 Å². The molecule has 0 radical (unpaired) electrons. The molecule has 2 rings (SSSR count). The lowest BCUT2D eigenvalue weighted by Crippen LogP contribution is -2.34. The number of methoxy groups -OCH3 is 1. The van der Waals surface area contributed by atoms with E-state index < -0.39 is 5.97 Å². The topological polar surface area (TPSA) is 76.7 Å². The Morgan fingerprint density at radius 3 is 2.44 bits per heavy atom. The van der Waals surface area contributed by atoms with Crippen LogP contribution in [0.2, 0.25) is 0 Å². The van der Waals surface area contributed by atoms with E-state index in [9.17, 15) is 9.59 Å². The van der Waals surface area contributed by atoms with E-state index in [0.717, 1.165) is 6.42 Å². The first-order chi connectivity index (χ1) is 12.9. The second kappa shape index (κ2) is 9.68. The number of carbonyl (C=O) groups excluding carboxylic acids is 2. The monoisotopic (exact) mass is 386 g/mol. The molecular formula is C20H22N2O4S. The fourth-order valence-corrected chi connectivity index (χ4v) is 2.38. The van der Waals surface area contributed by atoms with Crippen molar-refractivity contribution in [3.05, 3.63) is 59.7 Å². The zero-order valence-corrected chi connectivity index (χ0v) is 16.3. The zero-order valence-electron chi connectivity index (χ0n) is 15.4. The Morgan fingerprint density at radius 1 is 1.11 bits per heavy atom. The maximum atomic E-state index is 12.4. The molecule has 27 heavy (non-hydrogen) atoms. The molecule has 142 valence electrons. The van der Waals surface area contributed by atoms with E-state index in [-0.39, 0.29) is 17.1 Å². The number of esters is 1. The number of anilines is 1. The average molecular weight is 386 g/mol. The smallest absolute Gasteiger partial charge is 0.337 e. The maximum Gasteiger partial charge on any atom is 0.337 e. The molecule has 0 aromatic heterocycles. The molecule has 1 unspecified atom stereocenters. The Kier molecular flexibility index (Phi) is 7.31. The molecule has 0 heterocycles. The van der Waals surface area contributed by atoms with Gasteiger partial charge in [-0.25, -0.2) is 4.79 Å². The van der Waals surface area contributed by atoms with Crippen LogP contribution in [0.25, 0.3) is 0 Å². The summed E-state index contributed by atoms with van der Waals surface area (Å²) in [4.78, 5) is 23.8. The first kappa shape index (κ1) is 20.4. The molecule has 0 aliphatic rings. The number of hydrogen-bond donors (Lipinski definition) is 2. The minimum Gasteiger partial charge on any atom is -0.491 e. The second-order valence-corrected chi connectivity index (χ2v) is 6.25. The van der Waals surface area contributed by atoms with E-state index in [1.807, 2.05) is 19.9 Å². The van der Waals surface area contributed by atoms with Crippen molar-refractivity contribution in [2.45, 2.75) is 26.4 Å². The fraction of sp³-hybridized carbons (Fsp3) is 0.250. The third-order valence-corrected chi connectivity index (χ3v) is 4.00. The van der Waals surface area contributed by atoms with Crippen LogP contribution in [0.4, 0.5) is 5.69 Å². The summed E-state index contributed by atoms with van der Waals surface area (Å²) < 4.78 is 10.4. The Hall–Kier alpha value is -2.93. The fourth-order valence-electron chi connectivity index (χ4n) is 2.17. The van der Waals surface area contributed by atoms with Gasteiger partial charge < -0.3 is 14.8 Å². The number of amides is 1. The zero-order chi connectivity index (χ0) is 19.8. The van der Waals surface area contributed by atoms with Crippen LogP contribution in [0.3, 0.4) is 0 Å². The minimum atomic E-state index is -0.420. The Morgan fingerprint density at radius 2 is 1.81 bits per heavy atom. The van der Waals surface area contributed by atoms with E-state index in [1.54, 1.807) is 42.5 Å². The van der Waals surface area contributed by atoms with Crippen LogP contribution >= 0.6 is 12.2 Å². The normalized spacial score (nSPS) is 11.2. The molecule has 0 aliphatic heterocycles. The van der Waals surface area contributed by atoms with Gasteiger partial charge in [-0.2, -0.15) is 0 Å². The lowest BCUT2D eigenvalue weighted by molar-refractivity contribution is 0.0600. The number of benzene rings is 2. The molecule has 7 heteroatoms. The third kappa shape index (κ3) is 6.07. The standard InChI is InChI=1S/C20H22N2O4S/c1-4-13(2)26-17-7-5-6-15(12-17)18(23)22-20(27)21-16-10-8-14(9-11-16)19(24)25-3/h5-13H,4H2,1-3H3,(H2,21,22,23,27). The molecule has 2 N–H and O–H groups in total. The van der Waals surface area contributed by atoms with Gasteiger partial charge in [0.2, 0.25) is 0 Å². The summed E-state index contributed by atoms with van der Waals surface area (Å²) in [5.41, 5.74) is 1.51. The van der Waals surface area contributed by atoms with Gasteiger partial charge in [-0.15, -0.1) is 0 Å². The first-order valence-electron chi connectivity index (χ1n) is 8.50. The number of thiocarbonyl (C=S) groups is 1. The van der Waals surface area contributed by atoms with E-state index in [0.29, 0.717) is 22.6 Å². The van der Waals surface area contributed by atoms with Crippen molar-refractivity contribution in [3.63, 3.8) is 0 Å². The summed E-state index contributed by atoms with van der Waals surface area (Å²) in [5, 5.41) is 5.67. The Balaban J connectivity index is 1.96. The summed E-state index contributed by atoms with van der Waals surface area (Å²) in [6.45, 7) is 4.00. The minimum absolute atomic E-state index is 0.0685. The highest BCUT2D eigenvalue weighted by molar-refractivity contribution is 7.80. The van der Waals surface area contributed by atoms with Crippen molar-refractivity contribution < 1.29 is 19.1 Å². The first-order valence-corrected chi connectivity index (χ1v) is 8.91. The summed E-state index contributed by atoms with van der Waals surface area (Å²) in [6.07, 6.45) is 0.943. The van der Waals surface area contributed by atoms with E-state index in [1.165, 1.54) is 7.11 Å². The SMILES string of the molecule is CCC(C)Oc1cccc(C(=O)NC(=S)Nc2ccc(C(=O)OC)cc2)c1. The summed E-state index contributed by atoms with van der Waals surface area (Å²) in [5.74, 6) is -0.125. The van der Waals surface area contributed by atoms with Gasteiger partial charge in [-0.05, 0) is 68.0 Å². The van der Waals surface area contributed by atoms with Crippen LogP contribution in [-0.2, 0) is 4.74 Å². The molecule has 6 nitrogen and oxygen atoms in total. The van der Waals surface area contributed by atoms with Crippen molar-refractivity contribution in [1.29, 1.82) is 0 Å². The van der Waals surface area contributed by atoms with Crippen molar-refractivity contribution in [3.8, 4) is 5.75 Å². The van der Waals surface area contributed by atoms with Gasteiger partial charge in [-0.1, -0.05) is 13.0 Å². The average Bonchev–Trinajstić information content (AvgIpc) is 2.67. The lowest BCUT2D eigenvalue weighted by Gasteiger charge is -2.14. The van der Waals surface area contributed by atoms with Crippen LogP contribution in [0.1, 0.15) is 41.0 Å². The van der Waals surface area contributed by atoms with Crippen LogP contribution in [0, 0.1) is 0 Å². The highest BCUT2D eigenvalue weighted by Crippen LogP contribution is 2.16. The molecule has 0 fully saturated rings. The number of nitrogens with one attached hydrogen (secondary N) is 2. The molecular weight excluding hydrogens is 364 g/mol. The van der Waals surface area contributed by atoms with E-state index in [4.69, 9.17) is 17.0 Å². The predicted molar refractivity (Wildman–Crippen MR) is 108 cm³/mol. The number of rotatable bonds is 6. The van der Waals surface area contributed by atoms with Crippen molar-refractivity contribution >= 4 is 34.9 Å². The van der Waals surface area contributed by atoms with E-state index >= 15 is 0 Å². The molecule has 2 aromatic carbocycles. The largest absolute Gasteiger partial charge is 0.491 e. The van der Waals surface area contributed by atoms with E-state index in [2.05, 4.69) is 15.4 Å². The number of hydrogen-bond acceptors (Lipinski definition) is 5. The quantitative estimate of drug-likeness (QED) is 0.581. The van der Waals surface area contributed by atoms with Gasteiger partial charge in [-0.3, -0.25) is 10.1 Å². The molecule has 0 saturated heterocycles. The van der Waals surface area contributed by atoms with Crippen molar-refractivity contribution in [2.75, 3.05) is 12.4 Å².